The Balaban J connectivity index is 2.36. The number of hydrogen-bond acceptors (Lipinski definition) is 3. The number of rotatable bonds is 4. The Bertz CT molecular complexity index is 442. The third-order valence-electron chi connectivity index (χ3n) is 3.24. The maximum Gasteiger partial charge on any atom is 0.162 e. The van der Waals surface area contributed by atoms with Gasteiger partial charge in [-0.2, -0.15) is 0 Å². The highest BCUT2D eigenvalue weighted by Gasteiger charge is 2.23. The maximum absolute atomic E-state index is 11.8. The number of hydrogen-bond donors (Lipinski definition) is 0. The predicted molar refractivity (Wildman–Crippen MR) is 73.7 cm³/mol. The summed E-state index contributed by atoms with van der Waals surface area (Å²) in [5.41, 5.74) is 1.85. The standard InChI is InChI=1S/C15H21NO2/c1-4-8-16-10-11(3)18-15-7-6-12(9-13(15)16)14(17)5-2/h6-7,9,11H,4-5,8,10H2,1-3H3. The largest absolute Gasteiger partial charge is 0.487 e. The van der Waals surface area contributed by atoms with E-state index >= 15 is 0 Å². The van der Waals surface area contributed by atoms with Crippen LogP contribution in [0.1, 0.15) is 44.0 Å². The minimum Gasteiger partial charge on any atom is -0.487 e. The molecule has 0 aliphatic carbocycles. The molecule has 1 aromatic carbocycles. The molecular weight excluding hydrogens is 226 g/mol. The summed E-state index contributed by atoms with van der Waals surface area (Å²) in [5, 5.41) is 0. The third-order valence-corrected chi connectivity index (χ3v) is 3.24. The van der Waals surface area contributed by atoms with Gasteiger partial charge in [-0.15, -0.1) is 0 Å². The van der Waals surface area contributed by atoms with Crippen LogP contribution in [0.4, 0.5) is 5.69 Å². The first-order chi connectivity index (χ1) is 8.65. The van der Waals surface area contributed by atoms with Gasteiger partial charge in [0.05, 0.1) is 12.2 Å². The number of carbonyl (C=O) groups excluding carboxylic acids is 1. The second-order valence-corrected chi connectivity index (χ2v) is 4.83. The topological polar surface area (TPSA) is 29.5 Å². The van der Waals surface area contributed by atoms with Crippen LogP contribution >= 0.6 is 0 Å². The van der Waals surface area contributed by atoms with Gasteiger partial charge in [0.25, 0.3) is 0 Å². The fourth-order valence-electron chi connectivity index (χ4n) is 2.39. The number of benzene rings is 1. The number of anilines is 1. The van der Waals surface area contributed by atoms with Gasteiger partial charge in [-0.3, -0.25) is 4.79 Å². The molecule has 1 atom stereocenters. The van der Waals surface area contributed by atoms with E-state index in [2.05, 4.69) is 18.7 Å². The van der Waals surface area contributed by atoms with Crippen molar-refractivity contribution in [2.24, 2.45) is 0 Å². The molecule has 2 rings (SSSR count). The number of ether oxygens (including phenoxy) is 1. The Morgan fingerprint density at radius 3 is 2.89 bits per heavy atom. The van der Waals surface area contributed by atoms with E-state index in [1.165, 1.54) is 0 Å². The monoisotopic (exact) mass is 247 g/mol. The quantitative estimate of drug-likeness (QED) is 0.765. The molecule has 0 fully saturated rings. The molecule has 0 N–H and O–H groups in total. The molecule has 0 saturated heterocycles. The molecule has 1 aliphatic heterocycles. The molecule has 1 aromatic rings. The Hall–Kier alpha value is -1.51. The van der Waals surface area contributed by atoms with Crippen molar-refractivity contribution in [2.45, 2.75) is 39.7 Å². The van der Waals surface area contributed by atoms with Crippen LogP contribution in [-0.4, -0.2) is 25.0 Å². The third kappa shape index (κ3) is 2.50. The lowest BCUT2D eigenvalue weighted by molar-refractivity contribution is 0.0988. The van der Waals surface area contributed by atoms with Crippen molar-refractivity contribution < 1.29 is 9.53 Å². The van der Waals surface area contributed by atoms with Crippen molar-refractivity contribution in [1.82, 2.24) is 0 Å². The van der Waals surface area contributed by atoms with Crippen LogP contribution in [-0.2, 0) is 0 Å². The lowest BCUT2D eigenvalue weighted by atomic mass is 10.1. The molecule has 3 heteroatoms. The smallest absolute Gasteiger partial charge is 0.162 e. The van der Waals surface area contributed by atoms with Gasteiger partial charge in [0, 0.05) is 18.5 Å². The fraction of sp³-hybridized carbons (Fsp3) is 0.533. The highest BCUT2D eigenvalue weighted by atomic mass is 16.5. The zero-order chi connectivity index (χ0) is 13.1. The molecule has 0 amide bonds. The van der Waals surface area contributed by atoms with E-state index in [0.29, 0.717) is 6.42 Å². The lowest BCUT2D eigenvalue weighted by Crippen LogP contribution is -2.38. The van der Waals surface area contributed by atoms with Gasteiger partial charge < -0.3 is 9.64 Å². The van der Waals surface area contributed by atoms with Gasteiger partial charge in [-0.25, -0.2) is 0 Å². The summed E-state index contributed by atoms with van der Waals surface area (Å²) >= 11 is 0. The predicted octanol–water partition coefficient (Wildman–Crippen LogP) is 3.28. The van der Waals surface area contributed by atoms with Crippen molar-refractivity contribution in [3.8, 4) is 5.75 Å². The summed E-state index contributed by atoms with van der Waals surface area (Å²) in [7, 11) is 0. The fourth-order valence-corrected chi connectivity index (χ4v) is 2.39. The van der Waals surface area contributed by atoms with E-state index in [1.54, 1.807) is 0 Å². The zero-order valence-corrected chi connectivity index (χ0v) is 11.4. The van der Waals surface area contributed by atoms with Crippen molar-refractivity contribution in [1.29, 1.82) is 0 Å². The van der Waals surface area contributed by atoms with Crippen LogP contribution in [0.15, 0.2) is 18.2 Å². The second-order valence-electron chi connectivity index (χ2n) is 4.83. The van der Waals surface area contributed by atoms with Crippen molar-refractivity contribution in [2.75, 3.05) is 18.0 Å². The molecule has 1 aliphatic rings. The Morgan fingerprint density at radius 2 is 2.22 bits per heavy atom. The average molecular weight is 247 g/mol. The summed E-state index contributed by atoms with van der Waals surface area (Å²) in [6.07, 6.45) is 1.85. The molecule has 1 heterocycles. The summed E-state index contributed by atoms with van der Waals surface area (Å²) in [6, 6.07) is 5.77. The molecule has 3 nitrogen and oxygen atoms in total. The summed E-state index contributed by atoms with van der Waals surface area (Å²) < 4.78 is 5.82. The minimum absolute atomic E-state index is 0.188. The highest BCUT2D eigenvalue weighted by molar-refractivity contribution is 5.97. The molecule has 98 valence electrons. The Labute approximate surface area is 109 Å². The summed E-state index contributed by atoms with van der Waals surface area (Å²) in [6.45, 7) is 8.04. The van der Waals surface area contributed by atoms with E-state index in [0.717, 1.165) is 36.5 Å². The number of fused-ring (bicyclic) bond motifs is 1. The van der Waals surface area contributed by atoms with E-state index in [-0.39, 0.29) is 11.9 Å². The molecule has 18 heavy (non-hydrogen) atoms. The van der Waals surface area contributed by atoms with Gasteiger partial charge in [0.2, 0.25) is 0 Å². The van der Waals surface area contributed by atoms with Gasteiger partial charge in [-0.05, 0) is 31.5 Å². The zero-order valence-electron chi connectivity index (χ0n) is 11.4. The summed E-state index contributed by atoms with van der Waals surface area (Å²) in [5.74, 6) is 1.09. The number of ketones is 1. The number of carbonyl (C=O) groups is 1. The minimum atomic E-state index is 0.188. The maximum atomic E-state index is 11.8. The van der Waals surface area contributed by atoms with Gasteiger partial charge in [0.15, 0.2) is 5.78 Å². The van der Waals surface area contributed by atoms with Crippen LogP contribution in [0.25, 0.3) is 0 Å². The van der Waals surface area contributed by atoms with E-state index < -0.39 is 0 Å². The first-order valence-electron chi connectivity index (χ1n) is 6.74. The Kier molecular flexibility index (Phi) is 3.90. The normalized spacial score (nSPS) is 18.2. The van der Waals surface area contributed by atoms with Crippen LogP contribution in [0.3, 0.4) is 0 Å². The average Bonchev–Trinajstić information content (AvgIpc) is 2.37. The SMILES string of the molecule is CCCN1CC(C)Oc2ccc(C(=O)CC)cc21. The van der Waals surface area contributed by atoms with Gasteiger partial charge in [0.1, 0.15) is 11.9 Å². The second kappa shape index (κ2) is 5.42. The van der Waals surface area contributed by atoms with Crippen molar-refractivity contribution in [3.05, 3.63) is 23.8 Å². The van der Waals surface area contributed by atoms with Crippen molar-refractivity contribution >= 4 is 11.5 Å². The van der Waals surface area contributed by atoms with Crippen LogP contribution < -0.4 is 9.64 Å². The highest BCUT2D eigenvalue weighted by Crippen LogP contribution is 2.34. The number of Topliss-reactive ketones (excluding diaryl/α,β-unsaturated/α-hetero) is 1. The van der Waals surface area contributed by atoms with E-state index in [4.69, 9.17) is 4.74 Å². The van der Waals surface area contributed by atoms with Crippen LogP contribution in [0.5, 0.6) is 5.75 Å². The molecular formula is C15H21NO2. The van der Waals surface area contributed by atoms with Gasteiger partial charge >= 0.3 is 0 Å². The molecule has 1 unspecified atom stereocenters. The molecule has 0 bridgehead atoms. The first kappa shape index (κ1) is 12.9. The number of nitrogens with zero attached hydrogens (tertiary/aromatic N) is 1. The van der Waals surface area contributed by atoms with E-state index in [9.17, 15) is 4.79 Å². The molecule has 0 spiro atoms. The van der Waals surface area contributed by atoms with Crippen LogP contribution in [0, 0.1) is 0 Å². The molecule has 0 aromatic heterocycles. The van der Waals surface area contributed by atoms with Gasteiger partial charge in [-0.1, -0.05) is 13.8 Å². The van der Waals surface area contributed by atoms with E-state index in [1.807, 2.05) is 25.1 Å². The molecule has 0 saturated carbocycles. The van der Waals surface area contributed by atoms with Crippen molar-refractivity contribution in [3.63, 3.8) is 0 Å². The Morgan fingerprint density at radius 1 is 1.44 bits per heavy atom. The first-order valence-corrected chi connectivity index (χ1v) is 6.74. The summed E-state index contributed by atoms with van der Waals surface area (Å²) in [4.78, 5) is 14.1. The lowest BCUT2D eigenvalue weighted by Gasteiger charge is -2.35. The van der Waals surface area contributed by atoms with Crippen LogP contribution in [0.2, 0.25) is 0 Å². The molecule has 0 radical (unpaired) electrons.